The van der Waals surface area contributed by atoms with Crippen molar-refractivity contribution in [2.24, 2.45) is 11.8 Å². The van der Waals surface area contributed by atoms with E-state index < -0.39 is 16.3 Å². The highest BCUT2D eigenvalue weighted by atomic mass is 32.2. The minimum atomic E-state index is -3.84. The summed E-state index contributed by atoms with van der Waals surface area (Å²) in [5.74, 6) is 1.10. The van der Waals surface area contributed by atoms with Gasteiger partial charge in [-0.25, -0.2) is 8.42 Å². The van der Waals surface area contributed by atoms with E-state index in [2.05, 4.69) is 5.32 Å². The maximum Gasteiger partial charge on any atom is 0.286 e. The highest BCUT2D eigenvalue weighted by molar-refractivity contribution is 7.89. The predicted octanol–water partition coefficient (Wildman–Crippen LogP) is 1.89. The summed E-state index contributed by atoms with van der Waals surface area (Å²) in [4.78, 5) is 12.7. The molecule has 1 heterocycles. The second-order valence-electron chi connectivity index (χ2n) is 8.95. The first-order valence-corrected chi connectivity index (χ1v) is 13.8. The number of benzene rings is 1. The van der Waals surface area contributed by atoms with E-state index in [1.807, 2.05) is 6.08 Å². The van der Waals surface area contributed by atoms with Crippen molar-refractivity contribution in [3.05, 3.63) is 36.1 Å². The number of carbonyl (C=O) groups excluding carboxylic acids is 1. The van der Waals surface area contributed by atoms with Crippen molar-refractivity contribution in [2.45, 2.75) is 43.3 Å². The van der Waals surface area contributed by atoms with Gasteiger partial charge >= 0.3 is 0 Å². The highest BCUT2D eigenvalue weighted by Crippen LogP contribution is 2.38. The van der Waals surface area contributed by atoms with E-state index in [0.29, 0.717) is 31.2 Å². The molecular weight excluding hydrogens is 488 g/mol. The SMILES string of the molecule is COCCNC(=O)C1=C[C@H](C2CCCC2)C[C@H](OCCN(CCO)S(=O)(=O)c2ccc(OC)cc2)O1. The van der Waals surface area contributed by atoms with Crippen LogP contribution in [-0.4, -0.2) is 83.7 Å². The van der Waals surface area contributed by atoms with Gasteiger partial charge in [0.2, 0.25) is 16.3 Å². The molecule has 2 aliphatic rings. The largest absolute Gasteiger partial charge is 0.497 e. The molecule has 11 heteroatoms. The fourth-order valence-corrected chi connectivity index (χ4v) is 6.07. The number of hydrogen-bond acceptors (Lipinski definition) is 8. The van der Waals surface area contributed by atoms with Crippen molar-refractivity contribution in [1.82, 2.24) is 9.62 Å². The van der Waals surface area contributed by atoms with Crippen molar-refractivity contribution in [1.29, 1.82) is 0 Å². The van der Waals surface area contributed by atoms with Crippen molar-refractivity contribution in [3.8, 4) is 5.75 Å². The molecule has 1 amide bonds. The quantitative estimate of drug-likeness (QED) is 0.352. The third kappa shape index (κ3) is 7.66. The summed E-state index contributed by atoms with van der Waals surface area (Å²) in [6.07, 6.45) is 6.41. The van der Waals surface area contributed by atoms with Crippen LogP contribution in [0.15, 0.2) is 41.0 Å². The van der Waals surface area contributed by atoms with Crippen LogP contribution in [0.4, 0.5) is 0 Å². The Morgan fingerprint density at radius 3 is 2.50 bits per heavy atom. The third-order valence-electron chi connectivity index (χ3n) is 6.60. The fourth-order valence-electron chi connectivity index (χ4n) is 4.66. The summed E-state index contributed by atoms with van der Waals surface area (Å²) in [6.45, 7) is 0.454. The molecule has 1 aliphatic carbocycles. The Kier molecular flexibility index (Phi) is 11.0. The number of allylic oxidation sites excluding steroid dienone is 1. The monoisotopic (exact) mass is 526 g/mol. The lowest BCUT2D eigenvalue weighted by atomic mass is 9.86. The fraction of sp³-hybridized carbons (Fsp3) is 0.640. The Bertz CT molecular complexity index is 961. The second kappa shape index (κ2) is 13.9. The maximum absolute atomic E-state index is 13.1. The van der Waals surface area contributed by atoms with Gasteiger partial charge in [-0.1, -0.05) is 12.8 Å². The van der Waals surface area contributed by atoms with Gasteiger partial charge in [0.1, 0.15) is 5.75 Å². The summed E-state index contributed by atoms with van der Waals surface area (Å²) in [5.41, 5.74) is 0. The van der Waals surface area contributed by atoms with E-state index in [4.69, 9.17) is 18.9 Å². The van der Waals surface area contributed by atoms with Gasteiger partial charge in [-0.15, -0.1) is 0 Å². The molecule has 10 nitrogen and oxygen atoms in total. The number of ether oxygens (including phenoxy) is 4. The first-order chi connectivity index (χ1) is 17.4. The predicted molar refractivity (Wildman–Crippen MR) is 133 cm³/mol. The van der Waals surface area contributed by atoms with Crippen LogP contribution in [-0.2, 0) is 29.0 Å². The van der Waals surface area contributed by atoms with Crippen LogP contribution in [0.2, 0.25) is 0 Å². The number of rotatable bonds is 14. The number of sulfonamides is 1. The first-order valence-electron chi connectivity index (χ1n) is 12.4. The Labute approximate surface area is 213 Å². The molecule has 2 N–H and O–H groups in total. The number of carbonyl (C=O) groups is 1. The maximum atomic E-state index is 13.1. The molecule has 3 rings (SSSR count). The first kappa shape index (κ1) is 28.4. The molecule has 36 heavy (non-hydrogen) atoms. The van der Waals surface area contributed by atoms with Crippen molar-refractivity contribution < 1.29 is 37.3 Å². The van der Waals surface area contributed by atoms with Crippen molar-refractivity contribution >= 4 is 15.9 Å². The molecule has 0 bridgehead atoms. The van der Waals surface area contributed by atoms with Crippen LogP contribution in [0.1, 0.15) is 32.1 Å². The van der Waals surface area contributed by atoms with E-state index in [1.165, 1.54) is 36.4 Å². The Balaban J connectivity index is 1.63. The molecule has 1 saturated carbocycles. The smallest absolute Gasteiger partial charge is 0.286 e. The number of hydrogen-bond donors (Lipinski definition) is 2. The van der Waals surface area contributed by atoms with Gasteiger partial charge < -0.3 is 29.4 Å². The highest BCUT2D eigenvalue weighted by Gasteiger charge is 2.34. The average molecular weight is 527 g/mol. The zero-order valence-electron chi connectivity index (χ0n) is 21.1. The van der Waals surface area contributed by atoms with Crippen LogP contribution in [0, 0.1) is 11.8 Å². The molecule has 1 aliphatic heterocycles. The Morgan fingerprint density at radius 1 is 1.14 bits per heavy atom. The number of nitrogens with one attached hydrogen (secondary N) is 1. The van der Waals surface area contributed by atoms with Crippen molar-refractivity contribution in [3.63, 3.8) is 0 Å². The lowest BCUT2D eigenvalue weighted by molar-refractivity contribution is -0.151. The lowest BCUT2D eigenvalue weighted by Gasteiger charge is -2.32. The molecule has 0 radical (unpaired) electrons. The molecule has 0 aromatic heterocycles. The van der Waals surface area contributed by atoms with Crippen LogP contribution < -0.4 is 10.1 Å². The molecule has 1 aromatic rings. The molecular formula is C25H38N2O8S. The lowest BCUT2D eigenvalue weighted by Crippen LogP contribution is -2.39. The third-order valence-corrected chi connectivity index (χ3v) is 8.51. The minimum absolute atomic E-state index is 0.0297. The van der Waals surface area contributed by atoms with Gasteiger partial charge in [0.05, 0.1) is 31.8 Å². The summed E-state index contributed by atoms with van der Waals surface area (Å²) in [7, 11) is -0.768. The molecule has 0 spiro atoms. The Morgan fingerprint density at radius 2 is 1.86 bits per heavy atom. The molecule has 0 unspecified atom stereocenters. The van der Waals surface area contributed by atoms with Gasteiger partial charge in [0.15, 0.2) is 5.76 Å². The number of methoxy groups -OCH3 is 2. The van der Waals surface area contributed by atoms with E-state index in [-0.39, 0.29) is 48.8 Å². The van der Waals surface area contributed by atoms with Crippen LogP contribution >= 0.6 is 0 Å². The van der Waals surface area contributed by atoms with Gasteiger partial charge in [-0.2, -0.15) is 4.31 Å². The van der Waals surface area contributed by atoms with E-state index in [1.54, 1.807) is 19.2 Å². The van der Waals surface area contributed by atoms with Crippen molar-refractivity contribution in [2.75, 3.05) is 53.7 Å². The summed E-state index contributed by atoms with van der Waals surface area (Å²) < 4.78 is 49.3. The summed E-state index contributed by atoms with van der Waals surface area (Å²) >= 11 is 0. The van der Waals surface area contributed by atoms with Gasteiger partial charge in [-0.3, -0.25) is 4.79 Å². The van der Waals surface area contributed by atoms with Crippen LogP contribution in [0.5, 0.6) is 5.75 Å². The van der Waals surface area contributed by atoms with Gasteiger partial charge in [0.25, 0.3) is 5.91 Å². The van der Waals surface area contributed by atoms with Crippen LogP contribution in [0.25, 0.3) is 0 Å². The molecule has 202 valence electrons. The van der Waals surface area contributed by atoms with E-state index >= 15 is 0 Å². The van der Waals surface area contributed by atoms with Gasteiger partial charge in [0, 0.05) is 33.2 Å². The topological polar surface area (TPSA) is 124 Å². The van der Waals surface area contributed by atoms with Gasteiger partial charge in [-0.05, 0) is 55.0 Å². The van der Waals surface area contributed by atoms with E-state index in [9.17, 15) is 18.3 Å². The molecule has 1 fully saturated rings. The number of aliphatic hydroxyl groups excluding tert-OH is 1. The average Bonchev–Trinajstić information content (AvgIpc) is 3.43. The second-order valence-corrected chi connectivity index (χ2v) is 10.9. The number of amides is 1. The molecule has 0 saturated heterocycles. The molecule has 2 atom stereocenters. The van der Waals surface area contributed by atoms with E-state index in [0.717, 1.165) is 12.8 Å². The van der Waals surface area contributed by atoms with Crippen LogP contribution in [0.3, 0.4) is 0 Å². The number of nitrogens with zero attached hydrogens (tertiary/aromatic N) is 1. The standard InChI is InChI=1S/C25H38N2O8S/c1-32-15-11-26-25(29)23-17-20(19-5-3-4-6-19)18-24(35-23)34-16-13-27(12-14-28)36(30,31)22-9-7-21(33-2)8-10-22/h7-10,17,19-20,24,28H,3-6,11-16,18H2,1-2H3,(H,26,29)/t20-,24+/m0/s1. The summed E-state index contributed by atoms with van der Waals surface area (Å²) in [5, 5.41) is 12.3. The number of aliphatic hydroxyl groups is 1. The Hall–Kier alpha value is -2.18. The summed E-state index contributed by atoms with van der Waals surface area (Å²) in [6, 6.07) is 6.08. The zero-order chi connectivity index (χ0) is 26.0. The molecule has 1 aromatic carbocycles. The zero-order valence-corrected chi connectivity index (χ0v) is 21.9. The normalized spacial score (nSPS) is 20.7. The minimum Gasteiger partial charge on any atom is -0.497 e.